The summed E-state index contributed by atoms with van der Waals surface area (Å²) in [5.41, 5.74) is 8.98. The topological polar surface area (TPSA) is 43.8 Å². The third-order valence-electron chi connectivity index (χ3n) is 3.13. The molecule has 1 atom stereocenters. The van der Waals surface area contributed by atoms with Gasteiger partial charge in [-0.15, -0.1) is 0 Å². The molecule has 0 aliphatic rings. The van der Waals surface area contributed by atoms with E-state index in [4.69, 9.17) is 5.73 Å². The first-order chi connectivity index (χ1) is 7.81. The number of rotatable bonds is 5. The summed E-state index contributed by atoms with van der Waals surface area (Å²) < 4.78 is 1.97. The summed E-state index contributed by atoms with van der Waals surface area (Å²) in [5, 5.41) is 4.45. The normalized spacial score (nSPS) is 14.0. The van der Waals surface area contributed by atoms with Gasteiger partial charge in [0, 0.05) is 25.2 Å². The van der Waals surface area contributed by atoms with Gasteiger partial charge in [0.1, 0.15) is 0 Å². The van der Waals surface area contributed by atoms with Crippen LogP contribution in [0.2, 0.25) is 0 Å². The van der Waals surface area contributed by atoms with Crippen LogP contribution < -0.4 is 5.73 Å². The van der Waals surface area contributed by atoms with Crippen molar-refractivity contribution in [1.82, 2.24) is 9.78 Å². The van der Waals surface area contributed by atoms with Gasteiger partial charge in [-0.25, -0.2) is 0 Å². The molecule has 0 aromatic carbocycles. The van der Waals surface area contributed by atoms with Crippen LogP contribution in [-0.2, 0) is 19.9 Å². The molecule has 0 fully saturated rings. The van der Waals surface area contributed by atoms with E-state index in [0.29, 0.717) is 5.41 Å². The van der Waals surface area contributed by atoms with Crippen molar-refractivity contribution in [3.05, 3.63) is 17.5 Å². The molecule has 0 aliphatic carbocycles. The second-order valence-electron chi connectivity index (χ2n) is 6.17. The molecule has 0 spiro atoms. The molecular formula is C14H27N3. The molecular weight excluding hydrogens is 210 g/mol. The van der Waals surface area contributed by atoms with E-state index in [0.717, 1.165) is 25.0 Å². The predicted octanol–water partition coefficient (Wildman–Crippen LogP) is 2.68. The molecule has 0 aliphatic heterocycles. The molecule has 0 saturated heterocycles. The fourth-order valence-corrected chi connectivity index (χ4v) is 1.92. The van der Waals surface area contributed by atoms with Crippen molar-refractivity contribution in [2.24, 2.45) is 18.2 Å². The summed E-state index contributed by atoms with van der Waals surface area (Å²) in [7, 11) is 2.00. The third-order valence-corrected chi connectivity index (χ3v) is 3.13. The number of aromatic nitrogens is 2. The number of nitrogens with two attached hydrogens (primary N) is 1. The Labute approximate surface area is 105 Å². The van der Waals surface area contributed by atoms with E-state index >= 15 is 0 Å². The highest BCUT2D eigenvalue weighted by Gasteiger charge is 2.14. The van der Waals surface area contributed by atoms with Gasteiger partial charge in [-0.3, -0.25) is 4.68 Å². The Hall–Kier alpha value is -0.830. The van der Waals surface area contributed by atoms with Crippen LogP contribution in [0.4, 0.5) is 0 Å². The molecule has 0 radical (unpaired) electrons. The number of hydrogen-bond acceptors (Lipinski definition) is 2. The van der Waals surface area contributed by atoms with Crippen LogP contribution in [0.15, 0.2) is 6.07 Å². The average Bonchev–Trinajstić information content (AvgIpc) is 2.56. The standard InChI is InChI=1S/C14H27N3/c1-6-12-10-13(17(5)16-12)9-11(15)7-8-14(2,3)4/h10-11H,6-9,15H2,1-5H3. The second-order valence-corrected chi connectivity index (χ2v) is 6.17. The maximum atomic E-state index is 6.19. The molecule has 98 valence electrons. The van der Waals surface area contributed by atoms with Gasteiger partial charge in [0.15, 0.2) is 0 Å². The minimum atomic E-state index is 0.245. The first-order valence-electron chi connectivity index (χ1n) is 6.59. The van der Waals surface area contributed by atoms with E-state index in [1.807, 2.05) is 11.7 Å². The highest BCUT2D eigenvalue weighted by Crippen LogP contribution is 2.22. The fraction of sp³-hybridized carbons (Fsp3) is 0.786. The lowest BCUT2D eigenvalue weighted by molar-refractivity contribution is 0.346. The Morgan fingerprint density at radius 2 is 2.06 bits per heavy atom. The molecule has 1 heterocycles. The van der Waals surface area contributed by atoms with Crippen LogP contribution >= 0.6 is 0 Å². The maximum Gasteiger partial charge on any atom is 0.0624 e. The zero-order valence-electron chi connectivity index (χ0n) is 12.0. The molecule has 0 bridgehead atoms. The van der Waals surface area contributed by atoms with Crippen LogP contribution in [0, 0.1) is 5.41 Å². The van der Waals surface area contributed by atoms with Gasteiger partial charge in [-0.2, -0.15) is 5.10 Å². The van der Waals surface area contributed by atoms with Crippen molar-refractivity contribution >= 4 is 0 Å². The second kappa shape index (κ2) is 5.67. The molecule has 17 heavy (non-hydrogen) atoms. The van der Waals surface area contributed by atoms with Gasteiger partial charge in [-0.1, -0.05) is 27.7 Å². The Morgan fingerprint density at radius 1 is 1.41 bits per heavy atom. The highest BCUT2D eigenvalue weighted by atomic mass is 15.3. The molecule has 1 unspecified atom stereocenters. The molecule has 1 aromatic heterocycles. The Balaban J connectivity index is 2.50. The van der Waals surface area contributed by atoms with E-state index in [9.17, 15) is 0 Å². The Kier molecular flexibility index (Phi) is 4.75. The quantitative estimate of drug-likeness (QED) is 0.855. The van der Waals surface area contributed by atoms with Gasteiger partial charge in [0.05, 0.1) is 5.69 Å². The Morgan fingerprint density at radius 3 is 2.53 bits per heavy atom. The van der Waals surface area contributed by atoms with Crippen LogP contribution in [-0.4, -0.2) is 15.8 Å². The Bertz CT molecular complexity index is 347. The van der Waals surface area contributed by atoms with Crippen molar-refractivity contribution in [3.8, 4) is 0 Å². The zero-order chi connectivity index (χ0) is 13.1. The maximum absolute atomic E-state index is 6.19. The summed E-state index contributed by atoms with van der Waals surface area (Å²) in [5.74, 6) is 0. The van der Waals surface area contributed by atoms with Crippen LogP contribution in [0.25, 0.3) is 0 Å². The third kappa shape index (κ3) is 4.90. The molecule has 3 heteroatoms. The minimum Gasteiger partial charge on any atom is -0.327 e. The summed E-state index contributed by atoms with van der Waals surface area (Å²) in [6.45, 7) is 8.92. The van der Waals surface area contributed by atoms with Crippen molar-refractivity contribution < 1.29 is 0 Å². The summed E-state index contributed by atoms with van der Waals surface area (Å²) >= 11 is 0. The molecule has 2 N–H and O–H groups in total. The monoisotopic (exact) mass is 237 g/mol. The molecule has 1 aromatic rings. The van der Waals surface area contributed by atoms with Gasteiger partial charge in [0.25, 0.3) is 0 Å². The van der Waals surface area contributed by atoms with Crippen LogP contribution in [0.5, 0.6) is 0 Å². The van der Waals surface area contributed by atoms with Gasteiger partial charge < -0.3 is 5.73 Å². The van der Waals surface area contributed by atoms with E-state index in [1.54, 1.807) is 0 Å². The van der Waals surface area contributed by atoms with E-state index in [2.05, 4.69) is 38.9 Å². The van der Waals surface area contributed by atoms with Crippen molar-refractivity contribution in [3.63, 3.8) is 0 Å². The smallest absolute Gasteiger partial charge is 0.0624 e. The van der Waals surface area contributed by atoms with Crippen molar-refractivity contribution in [2.45, 2.75) is 59.4 Å². The highest BCUT2D eigenvalue weighted by molar-refractivity contribution is 5.11. The van der Waals surface area contributed by atoms with Crippen molar-refractivity contribution in [2.75, 3.05) is 0 Å². The number of hydrogen-bond donors (Lipinski definition) is 1. The average molecular weight is 237 g/mol. The first-order valence-corrected chi connectivity index (χ1v) is 6.59. The SMILES string of the molecule is CCc1cc(CC(N)CCC(C)(C)C)n(C)n1. The van der Waals surface area contributed by atoms with Gasteiger partial charge >= 0.3 is 0 Å². The van der Waals surface area contributed by atoms with Crippen LogP contribution in [0.3, 0.4) is 0 Å². The molecule has 0 saturated carbocycles. The molecule has 3 nitrogen and oxygen atoms in total. The van der Waals surface area contributed by atoms with E-state index < -0.39 is 0 Å². The van der Waals surface area contributed by atoms with Gasteiger partial charge in [-0.05, 0) is 30.7 Å². The zero-order valence-corrected chi connectivity index (χ0v) is 12.0. The summed E-state index contributed by atoms with van der Waals surface area (Å²) in [4.78, 5) is 0. The lowest BCUT2D eigenvalue weighted by Crippen LogP contribution is -2.25. The first kappa shape index (κ1) is 14.2. The largest absolute Gasteiger partial charge is 0.327 e. The minimum absolute atomic E-state index is 0.245. The van der Waals surface area contributed by atoms with E-state index in [-0.39, 0.29) is 6.04 Å². The predicted molar refractivity (Wildman–Crippen MR) is 73.0 cm³/mol. The number of aryl methyl sites for hydroxylation is 2. The molecule has 0 amide bonds. The molecule has 1 rings (SSSR count). The summed E-state index contributed by atoms with van der Waals surface area (Å²) in [6, 6.07) is 2.42. The number of nitrogens with zero attached hydrogens (tertiary/aromatic N) is 2. The summed E-state index contributed by atoms with van der Waals surface area (Å²) in [6.07, 6.45) is 4.17. The fourth-order valence-electron chi connectivity index (χ4n) is 1.92. The van der Waals surface area contributed by atoms with Crippen molar-refractivity contribution in [1.29, 1.82) is 0 Å². The lowest BCUT2D eigenvalue weighted by atomic mass is 9.88. The van der Waals surface area contributed by atoms with Gasteiger partial charge in [0.2, 0.25) is 0 Å². The van der Waals surface area contributed by atoms with Crippen LogP contribution in [0.1, 0.15) is 51.9 Å². The lowest BCUT2D eigenvalue weighted by Gasteiger charge is -2.20. The van der Waals surface area contributed by atoms with E-state index in [1.165, 1.54) is 12.1 Å².